The fraction of sp³-hybridized carbons (Fsp3) is 1.00. The highest BCUT2D eigenvalue weighted by Crippen LogP contribution is 2.23. The average molecular weight is 265 g/mol. The molecule has 1 N–H and O–H groups in total. The minimum absolute atomic E-state index is 0.301. The van der Waals surface area contributed by atoms with Crippen LogP contribution in [0.3, 0.4) is 0 Å². The van der Waals surface area contributed by atoms with Gasteiger partial charge in [0, 0.05) is 38.8 Å². The van der Waals surface area contributed by atoms with Gasteiger partial charge in [-0.1, -0.05) is 27.7 Å². The van der Waals surface area contributed by atoms with Crippen LogP contribution in [-0.2, 0) is 10.8 Å². The summed E-state index contributed by atoms with van der Waals surface area (Å²) in [6, 6.07) is 0.529. The summed E-state index contributed by atoms with van der Waals surface area (Å²) in [6.45, 7) is 12.0. The molecule has 0 fully saturated rings. The van der Waals surface area contributed by atoms with Crippen molar-refractivity contribution in [3.8, 4) is 0 Å². The van der Waals surface area contributed by atoms with Gasteiger partial charge in [-0.2, -0.15) is 11.8 Å². The van der Waals surface area contributed by atoms with Gasteiger partial charge in [-0.3, -0.25) is 4.21 Å². The minimum Gasteiger partial charge on any atom is -0.313 e. The first-order valence-corrected chi connectivity index (χ1v) is 8.52. The van der Waals surface area contributed by atoms with Crippen LogP contribution >= 0.6 is 11.8 Å². The van der Waals surface area contributed by atoms with E-state index < -0.39 is 10.8 Å². The highest BCUT2D eigenvalue weighted by atomic mass is 32.2. The lowest BCUT2D eigenvalue weighted by Crippen LogP contribution is -2.32. The maximum absolute atomic E-state index is 11.2. The van der Waals surface area contributed by atoms with Crippen LogP contribution in [0.15, 0.2) is 0 Å². The molecular formula is C12H27NOS2. The Kier molecular flexibility index (Phi) is 7.94. The van der Waals surface area contributed by atoms with E-state index in [1.54, 1.807) is 6.26 Å². The van der Waals surface area contributed by atoms with Gasteiger partial charge in [-0.05, 0) is 19.9 Å². The predicted octanol–water partition coefficient (Wildman–Crippen LogP) is 2.65. The Morgan fingerprint density at radius 3 is 2.31 bits per heavy atom. The lowest BCUT2D eigenvalue weighted by atomic mass is 10.3. The Morgan fingerprint density at radius 2 is 1.88 bits per heavy atom. The second-order valence-corrected chi connectivity index (χ2v) is 9.03. The molecule has 2 nitrogen and oxygen atoms in total. The molecule has 0 aromatic carbocycles. The fourth-order valence-electron chi connectivity index (χ4n) is 1.13. The molecule has 0 amide bonds. The molecule has 0 heterocycles. The van der Waals surface area contributed by atoms with E-state index in [-0.39, 0.29) is 0 Å². The Hall–Kier alpha value is 0.460. The summed E-state index contributed by atoms with van der Waals surface area (Å²) in [4.78, 5) is 0. The van der Waals surface area contributed by atoms with Crippen LogP contribution in [0.2, 0.25) is 0 Å². The molecule has 0 aliphatic rings. The quantitative estimate of drug-likeness (QED) is 0.767. The summed E-state index contributed by atoms with van der Waals surface area (Å²) in [6.07, 6.45) is 2.77. The molecular weight excluding hydrogens is 238 g/mol. The lowest BCUT2D eigenvalue weighted by Gasteiger charge is -2.21. The van der Waals surface area contributed by atoms with Crippen LogP contribution in [-0.4, -0.2) is 38.8 Å². The van der Waals surface area contributed by atoms with Crippen LogP contribution < -0.4 is 5.32 Å². The molecule has 3 unspecified atom stereocenters. The largest absolute Gasteiger partial charge is 0.313 e. The standard InChI is InChI=1S/C12H27NOS2/c1-10(9-15-12(3,4)5)13-8-7-11(2)16(6)14/h10-11,13H,7-9H2,1-6H3. The van der Waals surface area contributed by atoms with Crippen LogP contribution in [0.25, 0.3) is 0 Å². The van der Waals surface area contributed by atoms with E-state index in [1.165, 1.54) is 0 Å². The second-order valence-electron chi connectivity index (χ2n) is 5.38. The van der Waals surface area contributed by atoms with Gasteiger partial charge in [0.15, 0.2) is 0 Å². The topological polar surface area (TPSA) is 29.1 Å². The van der Waals surface area contributed by atoms with Gasteiger partial charge >= 0.3 is 0 Å². The van der Waals surface area contributed by atoms with Crippen LogP contribution in [0.4, 0.5) is 0 Å². The van der Waals surface area contributed by atoms with E-state index >= 15 is 0 Å². The molecule has 0 saturated heterocycles. The lowest BCUT2D eigenvalue weighted by molar-refractivity contribution is 0.569. The number of hydrogen-bond acceptors (Lipinski definition) is 3. The normalized spacial score (nSPS) is 18.1. The van der Waals surface area contributed by atoms with Crippen LogP contribution in [0.5, 0.6) is 0 Å². The first-order chi connectivity index (χ1) is 7.22. The predicted molar refractivity (Wildman–Crippen MR) is 77.8 cm³/mol. The molecule has 0 aliphatic heterocycles. The SMILES string of the molecule is CC(CSC(C)(C)C)NCCC(C)S(C)=O. The zero-order valence-electron chi connectivity index (χ0n) is 11.5. The smallest absolute Gasteiger partial charge is 0.0329 e. The van der Waals surface area contributed by atoms with E-state index in [2.05, 4.69) is 33.0 Å². The Morgan fingerprint density at radius 1 is 1.31 bits per heavy atom. The molecule has 0 saturated carbocycles. The Labute approximate surface area is 108 Å². The van der Waals surface area contributed by atoms with Crippen LogP contribution in [0.1, 0.15) is 41.0 Å². The minimum atomic E-state index is -0.688. The van der Waals surface area contributed by atoms with Gasteiger partial charge in [0.05, 0.1) is 0 Å². The molecule has 0 aromatic rings. The van der Waals surface area contributed by atoms with E-state index in [0.717, 1.165) is 18.7 Å². The van der Waals surface area contributed by atoms with Crippen molar-refractivity contribution in [1.82, 2.24) is 5.32 Å². The van der Waals surface area contributed by atoms with Gasteiger partial charge in [0.25, 0.3) is 0 Å². The first kappa shape index (κ1) is 16.5. The fourth-order valence-corrected chi connectivity index (χ4v) is 2.45. The van der Waals surface area contributed by atoms with Crippen molar-refractivity contribution < 1.29 is 4.21 Å². The monoisotopic (exact) mass is 265 g/mol. The van der Waals surface area contributed by atoms with Crippen molar-refractivity contribution in [2.24, 2.45) is 0 Å². The summed E-state index contributed by atoms with van der Waals surface area (Å²) < 4.78 is 11.5. The molecule has 4 heteroatoms. The molecule has 0 bridgehead atoms. The van der Waals surface area contributed by atoms with Crippen molar-refractivity contribution in [1.29, 1.82) is 0 Å². The summed E-state index contributed by atoms with van der Waals surface area (Å²) in [7, 11) is -0.688. The van der Waals surface area contributed by atoms with E-state index in [0.29, 0.717) is 16.0 Å². The first-order valence-electron chi connectivity index (χ1n) is 5.92. The van der Waals surface area contributed by atoms with Crippen molar-refractivity contribution in [2.45, 2.75) is 57.1 Å². The molecule has 0 aliphatic carbocycles. The maximum atomic E-state index is 11.2. The van der Waals surface area contributed by atoms with E-state index in [1.807, 2.05) is 18.7 Å². The summed E-state index contributed by atoms with van der Waals surface area (Å²) >= 11 is 1.98. The molecule has 16 heavy (non-hydrogen) atoms. The Balaban J connectivity index is 3.58. The Bertz CT molecular complexity index is 214. The van der Waals surface area contributed by atoms with Gasteiger partial charge < -0.3 is 5.32 Å². The highest BCUT2D eigenvalue weighted by molar-refractivity contribution is 8.00. The molecule has 0 radical (unpaired) electrons. The maximum Gasteiger partial charge on any atom is 0.0329 e. The zero-order valence-corrected chi connectivity index (χ0v) is 13.1. The van der Waals surface area contributed by atoms with Gasteiger partial charge in [0.1, 0.15) is 0 Å². The molecule has 0 aromatic heterocycles. The van der Waals surface area contributed by atoms with Gasteiger partial charge in [0.2, 0.25) is 0 Å². The highest BCUT2D eigenvalue weighted by Gasteiger charge is 2.13. The van der Waals surface area contributed by atoms with Crippen molar-refractivity contribution >= 4 is 22.6 Å². The molecule has 98 valence electrons. The summed E-state index contributed by atoms with van der Waals surface area (Å²) in [5, 5.41) is 3.79. The third-order valence-electron chi connectivity index (χ3n) is 2.38. The molecule has 0 spiro atoms. The number of thioether (sulfide) groups is 1. The number of nitrogens with one attached hydrogen (secondary N) is 1. The zero-order chi connectivity index (χ0) is 12.8. The second kappa shape index (κ2) is 7.72. The van der Waals surface area contributed by atoms with E-state index in [4.69, 9.17) is 0 Å². The van der Waals surface area contributed by atoms with Crippen molar-refractivity contribution in [3.63, 3.8) is 0 Å². The molecule has 3 atom stereocenters. The third kappa shape index (κ3) is 9.67. The number of hydrogen-bond donors (Lipinski definition) is 1. The van der Waals surface area contributed by atoms with Crippen molar-refractivity contribution in [3.05, 3.63) is 0 Å². The van der Waals surface area contributed by atoms with Gasteiger partial charge in [-0.25, -0.2) is 0 Å². The van der Waals surface area contributed by atoms with Crippen LogP contribution in [0, 0.1) is 0 Å². The third-order valence-corrected chi connectivity index (χ3v) is 5.28. The van der Waals surface area contributed by atoms with E-state index in [9.17, 15) is 4.21 Å². The van der Waals surface area contributed by atoms with Crippen molar-refractivity contribution in [2.75, 3.05) is 18.6 Å². The van der Waals surface area contributed by atoms with Gasteiger partial charge in [-0.15, -0.1) is 0 Å². The number of rotatable bonds is 7. The molecule has 0 rings (SSSR count). The summed E-state index contributed by atoms with van der Waals surface area (Å²) in [5.41, 5.74) is 0. The summed E-state index contributed by atoms with van der Waals surface area (Å²) in [5.74, 6) is 1.13. The average Bonchev–Trinajstić information content (AvgIpc) is 2.13.